The Balaban J connectivity index is 2.38. The van der Waals surface area contributed by atoms with Gasteiger partial charge in [0.1, 0.15) is 5.82 Å². The molecule has 0 aliphatic carbocycles. The van der Waals surface area contributed by atoms with Crippen molar-refractivity contribution in [3.05, 3.63) is 23.4 Å². The molecule has 2 heterocycles. The lowest BCUT2D eigenvalue weighted by Gasteiger charge is -2.29. The highest BCUT2D eigenvalue weighted by Crippen LogP contribution is 2.22. The van der Waals surface area contributed by atoms with Gasteiger partial charge in [0.15, 0.2) is 15.7 Å². The Morgan fingerprint density at radius 1 is 1.47 bits per heavy atom. The molecule has 0 saturated carbocycles. The second-order valence-electron chi connectivity index (χ2n) is 4.45. The number of aryl methyl sites for hydroxylation is 1. The molecule has 0 amide bonds. The zero-order valence-corrected chi connectivity index (χ0v) is 11.4. The van der Waals surface area contributed by atoms with Crippen LogP contribution in [0.5, 0.6) is 0 Å². The molecule has 1 aliphatic heterocycles. The molecular formula is C11H16N4O3S. The highest BCUT2D eigenvalue weighted by Gasteiger charge is 2.25. The van der Waals surface area contributed by atoms with E-state index >= 15 is 0 Å². The molecule has 1 aromatic rings. The molecule has 1 saturated heterocycles. The maximum atomic E-state index is 11.4. The maximum absolute atomic E-state index is 11.4. The summed E-state index contributed by atoms with van der Waals surface area (Å²) in [5.41, 5.74) is 7.04. The van der Waals surface area contributed by atoms with Crippen LogP contribution in [0.15, 0.2) is 17.4 Å². The van der Waals surface area contributed by atoms with E-state index in [-0.39, 0.29) is 17.3 Å². The van der Waals surface area contributed by atoms with Crippen molar-refractivity contribution in [2.75, 3.05) is 29.5 Å². The highest BCUT2D eigenvalue weighted by molar-refractivity contribution is 7.91. The zero-order chi connectivity index (χ0) is 14.0. The number of oxime groups is 1. The van der Waals surface area contributed by atoms with Crippen LogP contribution in [0, 0.1) is 6.92 Å². The lowest BCUT2D eigenvalue weighted by atomic mass is 10.1. The summed E-state index contributed by atoms with van der Waals surface area (Å²) in [6.07, 6.45) is 1.63. The molecule has 1 aliphatic rings. The van der Waals surface area contributed by atoms with Crippen LogP contribution < -0.4 is 10.6 Å². The first-order chi connectivity index (χ1) is 8.94. The van der Waals surface area contributed by atoms with Gasteiger partial charge in [-0.05, 0) is 18.6 Å². The van der Waals surface area contributed by atoms with Crippen LogP contribution >= 0.6 is 0 Å². The van der Waals surface area contributed by atoms with E-state index in [1.807, 2.05) is 11.8 Å². The van der Waals surface area contributed by atoms with E-state index in [0.717, 1.165) is 5.56 Å². The molecule has 3 N–H and O–H groups in total. The van der Waals surface area contributed by atoms with Gasteiger partial charge in [-0.2, -0.15) is 0 Å². The first kappa shape index (κ1) is 13.6. The van der Waals surface area contributed by atoms with Crippen LogP contribution in [0.25, 0.3) is 0 Å². The summed E-state index contributed by atoms with van der Waals surface area (Å²) in [7, 11) is -2.95. The third-order valence-corrected chi connectivity index (χ3v) is 4.76. The second kappa shape index (κ2) is 5.04. The molecule has 1 aromatic heterocycles. The third-order valence-electron chi connectivity index (χ3n) is 3.15. The first-order valence-electron chi connectivity index (χ1n) is 5.83. The van der Waals surface area contributed by atoms with Crippen molar-refractivity contribution < 1.29 is 13.6 Å². The molecule has 0 spiro atoms. The predicted octanol–water partition coefficient (Wildman–Crippen LogP) is -0.281. The number of aromatic nitrogens is 1. The van der Waals surface area contributed by atoms with Crippen LogP contribution in [-0.2, 0) is 9.84 Å². The van der Waals surface area contributed by atoms with Gasteiger partial charge < -0.3 is 15.8 Å². The van der Waals surface area contributed by atoms with Gasteiger partial charge in [0.25, 0.3) is 0 Å². The highest BCUT2D eigenvalue weighted by atomic mass is 32.2. The quantitative estimate of drug-likeness (QED) is 0.334. The van der Waals surface area contributed by atoms with E-state index in [9.17, 15) is 8.42 Å². The minimum Gasteiger partial charge on any atom is -0.409 e. The molecule has 8 heteroatoms. The van der Waals surface area contributed by atoms with Gasteiger partial charge in [-0.25, -0.2) is 13.4 Å². The summed E-state index contributed by atoms with van der Waals surface area (Å²) in [4.78, 5) is 6.09. The number of anilines is 1. The van der Waals surface area contributed by atoms with Gasteiger partial charge in [-0.3, -0.25) is 0 Å². The monoisotopic (exact) mass is 284 g/mol. The van der Waals surface area contributed by atoms with E-state index in [2.05, 4.69) is 10.1 Å². The van der Waals surface area contributed by atoms with Gasteiger partial charge in [0.05, 0.1) is 17.1 Å². The first-order valence-corrected chi connectivity index (χ1v) is 7.65. The largest absolute Gasteiger partial charge is 0.409 e. The van der Waals surface area contributed by atoms with Gasteiger partial charge in [-0.1, -0.05) is 5.16 Å². The predicted molar refractivity (Wildman–Crippen MR) is 72.4 cm³/mol. The number of pyridine rings is 1. The number of sulfone groups is 1. The molecular weight excluding hydrogens is 268 g/mol. The van der Waals surface area contributed by atoms with Crippen molar-refractivity contribution in [2.24, 2.45) is 10.9 Å². The van der Waals surface area contributed by atoms with E-state index in [1.54, 1.807) is 12.3 Å². The lowest BCUT2D eigenvalue weighted by molar-refractivity contribution is 0.318. The maximum Gasteiger partial charge on any atom is 0.174 e. The summed E-state index contributed by atoms with van der Waals surface area (Å²) >= 11 is 0. The standard InChI is InChI=1S/C11H16N4O3S/c1-8-2-3-13-11(9(8)10(12)14-16)15-4-6-19(17,18)7-5-15/h2-3,16H,4-7H2,1H3,(H2,12,14). The fourth-order valence-electron chi connectivity index (χ4n) is 2.07. The Morgan fingerprint density at radius 3 is 2.68 bits per heavy atom. The smallest absolute Gasteiger partial charge is 0.174 e. The third kappa shape index (κ3) is 2.78. The fourth-order valence-corrected chi connectivity index (χ4v) is 3.28. The van der Waals surface area contributed by atoms with Gasteiger partial charge in [0, 0.05) is 19.3 Å². The summed E-state index contributed by atoms with van der Waals surface area (Å²) in [5, 5.41) is 11.9. The Labute approximate surface area is 111 Å². The number of nitrogens with zero attached hydrogens (tertiary/aromatic N) is 3. The SMILES string of the molecule is Cc1ccnc(N2CCS(=O)(=O)CC2)c1/C(N)=N/O. The van der Waals surface area contributed by atoms with Gasteiger partial charge >= 0.3 is 0 Å². The van der Waals surface area contributed by atoms with E-state index in [4.69, 9.17) is 10.9 Å². The van der Waals surface area contributed by atoms with Gasteiger partial charge in [-0.15, -0.1) is 0 Å². The van der Waals surface area contributed by atoms with Crippen molar-refractivity contribution >= 4 is 21.5 Å². The average Bonchev–Trinajstić information content (AvgIpc) is 2.37. The van der Waals surface area contributed by atoms with Crippen LogP contribution in [0.4, 0.5) is 5.82 Å². The van der Waals surface area contributed by atoms with Crippen molar-refractivity contribution in [1.82, 2.24) is 4.98 Å². The molecule has 19 heavy (non-hydrogen) atoms. The van der Waals surface area contributed by atoms with Crippen molar-refractivity contribution in [1.29, 1.82) is 0 Å². The van der Waals surface area contributed by atoms with Crippen LogP contribution in [0.3, 0.4) is 0 Å². The summed E-state index contributed by atoms with van der Waals surface area (Å²) in [5.74, 6) is 0.732. The van der Waals surface area contributed by atoms with Crippen LogP contribution in [0.2, 0.25) is 0 Å². The number of hydrogen-bond acceptors (Lipinski definition) is 6. The minimum atomic E-state index is -2.95. The van der Waals surface area contributed by atoms with Crippen molar-refractivity contribution in [2.45, 2.75) is 6.92 Å². The van der Waals surface area contributed by atoms with Crippen LogP contribution in [-0.4, -0.2) is 49.0 Å². The Bertz CT molecular complexity index is 598. The molecule has 0 radical (unpaired) electrons. The Hall–Kier alpha value is -1.83. The van der Waals surface area contributed by atoms with E-state index in [1.165, 1.54) is 0 Å². The molecule has 0 bridgehead atoms. The molecule has 0 aromatic carbocycles. The fraction of sp³-hybridized carbons (Fsp3) is 0.455. The molecule has 1 fully saturated rings. The molecule has 7 nitrogen and oxygen atoms in total. The van der Waals surface area contributed by atoms with Gasteiger partial charge in [0.2, 0.25) is 0 Å². The summed E-state index contributed by atoms with van der Waals surface area (Å²) in [6, 6.07) is 1.76. The second-order valence-corrected chi connectivity index (χ2v) is 6.75. The summed E-state index contributed by atoms with van der Waals surface area (Å²) in [6.45, 7) is 2.56. The topological polar surface area (TPSA) is 109 Å². The molecule has 104 valence electrons. The van der Waals surface area contributed by atoms with E-state index in [0.29, 0.717) is 24.5 Å². The minimum absolute atomic E-state index is 0.0194. The number of hydrogen-bond donors (Lipinski definition) is 2. The number of amidine groups is 1. The Kier molecular flexibility index (Phi) is 3.61. The molecule has 2 rings (SSSR count). The van der Waals surface area contributed by atoms with Crippen LogP contribution in [0.1, 0.15) is 11.1 Å². The number of rotatable bonds is 2. The zero-order valence-electron chi connectivity index (χ0n) is 10.6. The van der Waals surface area contributed by atoms with Crippen molar-refractivity contribution in [3.63, 3.8) is 0 Å². The molecule has 0 atom stereocenters. The lowest BCUT2D eigenvalue weighted by Crippen LogP contribution is -2.41. The Morgan fingerprint density at radius 2 is 2.11 bits per heavy atom. The number of nitrogens with two attached hydrogens (primary N) is 1. The average molecular weight is 284 g/mol. The van der Waals surface area contributed by atoms with E-state index < -0.39 is 9.84 Å². The summed E-state index contributed by atoms with van der Waals surface area (Å²) < 4.78 is 22.9. The molecule has 0 unspecified atom stereocenters. The normalized spacial score (nSPS) is 19.4. The van der Waals surface area contributed by atoms with Crippen molar-refractivity contribution in [3.8, 4) is 0 Å².